The normalized spacial score (nSPS) is 23.9. The van der Waals surface area contributed by atoms with E-state index in [0.29, 0.717) is 6.54 Å². The van der Waals surface area contributed by atoms with Gasteiger partial charge in [0.15, 0.2) is 0 Å². The molecule has 1 saturated heterocycles. The fraction of sp³-hybridized carbons (Fsp3) is 0.353. The number of rotatable bonds is 2. The van der Waals surface area contributed by atoms with Gasteiger partial charge in [0.25, 0.3) is 0 Å². The highest BCUT2D eigenvalue weighted by atomic mass is 16.4. The summed E-state index contributed by atoms with van der Waals surface area (Å²) in [6.07, 6.45) is 0.909. The van der Waals surface area contributed by atoms with Crippen LogP contribution in [-0.4, -0.2) is 36.1 Å². The standard InChI is InChI=1S/C17H19NO2/c1-18-9-8-15(16(11-18)17(19)20)14-7-6-12-4-2-3-5-13(12)10-14/h2-7,10,15-16H,8-9,11H2,1H3,(H,19,20). The molecule has 3 rings (SSSR count). The molecule has 0 aromatic heterocycles. The van der Waals surface area contributed by atoms with E-state index in [0.717, 1.165) is 18.5 Å². The minimum absolute atomic E-state index is 0.119. The molecule has 0 spiro atoms. The number of nitrogens with zero attached hydrogens (tertiary/aromatic N) is 1. The second-order valence-electron chi connectivity index (χ2n) is 5.71. The van der Waals surface area contributed by atoms with E-state index < -0.39 is 5.97 Å². The third kappa shape index (κ3) is 2.41. The topological polar surface area (TPSA) is 40.5 Å². The Morgan fingerprint density at radius 2 is 1.95 bits per heavy atom. The number of fused-ring (bicyclic) bond motifs is 1. The van der Waals surface area contributed by atoms with Gasteiger partial charge in [-0.1, -0.05) is 42.5 Å². The molecule has 1 aliphatic rings. The molecule has 0 aliphatic carbocycles. The molecule has 1 fully saturated rings. The zero-order valence-corrected chi connectivity index (χ0v) is 11.6. The zero-order valence-electron chi connectivity index (χ0n) is 11.6. The van der Waals surface area contributed by atoms with E-state index in [9.17, 15) is 9.90 Å². The molecule has 2 aromatic rings. The fourth-order valence-electron chi connectivity index (χ4n) is 3.20. The average Bonchev–Trinajstić information content (AvgIpc) is 2.46. The summed E-state index contributed by atoms with van der Waals surface area (Å²) in [7, 11) is 1.99. The minimum atomic E-state index is -0.685. The number of piperidine rings is 1. The largest absolute Gasteiger partial charge is 0.481 e. The Morgan fingerprint density at radius 1 is 1.20 bits per heavy atom. The molecule has 1 heterocycles. The maximum Gasteiger partial charge on any atom is 0.308 e. The second kappa shape index (κ2) is 5.25. The van der Waals surface area contributed by atoms with E-state index in [1.165, 1.54) is 10.8 Å². The SMILES string of the molecule is CN1CCC(c2ccc3ccccc3c2)C(C(=O)O)C1. The highest BCUT2D eigenvalue weighted by Crippen LogP contribution is 2.34. The van der Waals surface area contributed by atoms with Crippen LogP contribution in [0.5, 0.6) is 0 Å². The predicted octanol–water partition coefficient (Wildman–Crippen LogP) is 2.96. The van der Waals surface area contributed by atoms with Gasteiger partial charge in [0.2, 0.25) is 0 Å². The highest BCUT2D eigenvalue weighted by Gasteiger charge is 2.34. The van der Waals surface area contributed by atoms with Crippen molar-refractivity contribution in [3.8, 4) is 0 Å². The second-order valence-corrected chi connectivity index (χ2v) is 5.71. The fourth-order valence-corrected chi connectivity index (χ4v) is 3.20. The van der Waals surface area contributed by atoms with Crippen LogP contribution in [0.25, 0.3) is 10.8 Å². The molecule has 0 saturated carbocycles. The van der Waals surface area contributed by atoms with Gasteiger partial charge >= 0.3 is 5.97 Å². The Hall–Kier alpha value is -1.87. The molecule has 1 aliphatic heterocycles. The number of carbonyl (C=O) groups is 1. The number of benzene rings is 2. The van der Waals surface area contributed by atoms with Crippen molar-refractivity contribution in [2.45, 2.75) is 12.3 Å². The molecule has 0 amide bonds. The van der Waals surface area contributed by atoms with Gasteiger partial charge in [0.05, 0.1) is 5.92 Å². The number of hydrogen-bond donors (Lipinski definition) is 1. The number of hydrogen-bond acceptors (Lipinski definition) is 2. The van der Waals surface area contributed by atoms with E-state index in [1.54, 1.807) is 0 Å². The molecule has 0 radical (unpaired) electrons. The monoisotopic (exact) mass is 269 g/mol. The lowest BCUT2D eigenvalue weighted by Gasteiger charge is -2.34. The Labute approximate surface area is 118 Å². The molecule has 1 N–H and O–H groups in total. The van der Waals surface area contributed by atoms with Gasteiger partial charge in [0.1, 0.15) is 0 Å². The van der Waals surface area contributed by atoms with Crippen LogP contribution >= 0.6 is 0 Å². The van der Waals surface area contributed by atoms with Crippen molar-refractivity contribution in [2.75, 3.05) is 20.1 Å². The maximum atomic E-state index is 11.5. The Balaban J connectivity index is 1.97. The molecule has 2 atom stereocenters. The quantitative estimate of drug-likeness (QED) is 0.911. The van der Waals surface area contributed by atoms with E-state index in [4.69, 9.17) is 0 Å². The summed E-state index contributed by atoms with van der Waals surface area (Å²) >= 11 is 0. The van der Waals surface area contributed by atoms with Crippen molar-refractivity contribution in [3.63, 3.8) is 0 Å². The lowest BCUT2D eigenvalue weighted by Crippen LogP contribution is -2.40. The van der Waals surface area contributed by atoms with Gasteiger partial charge in [0, 0.05) is 6.54 Å². The molecular formula is C17H19NO2. The van der Waals surface area contributed by atoms with Crippen LogP contribution in [0.4, 0.5) is 0 Å². The van der Waals surface area contributed by atoms with E-state index >= 15 is 0 Å². The summed E-state index contributed by atoms with van der Waals surface area (Å²) in [5.74, 6) is -0.877. The summed E-state index contributed by atoms with van der Waals surface area (Å²) in [4.78, 5) is 13.6. The van der Waals surface area contributed by atoms with Crippen LogP contribution < -0.4 is 0 Å². The third-order valence-electron chi connectivity index (χ3n) is 4.33. The molecule has 0 bridgehead atoms. The smallest absolute Gasteiger partial charge is 0.308 e. The van der Waals surface area contributed by atoms with Crippen molar-refractivity contribution < 1.29 is 9.90 Å². The Bertz CT molecular complexity index is 638. The first-order valence-corrected chi connectivity index (χ1v) is 7.05. The van der Waals surface area contributed by atoms with Gasteiger partial charge in [-0.05, 0) is 42.3 Å². The van der Waals surface area contributed by atoms with Crippen molar-refractivity contribution in [3.05, 3.63) is 48.0 Å². The predicted molar refractivity (Wildman–Crippen MR) is 79.9 cm³/mol. The molecule has 104 valence electrons. The van der Waals surface area contributed by atoms with Crippen LogP contribution in [0.2, 0.25) is 0 Å². The molecule has 2 aromatic carbocycles. The van der Waals surface area contributed by atoms with Gasteiger partial charge < -0.3 is 10.0 Å². The molecule has 2 unspecified atom stereocenters. The van der Waals surface area contributed by atoms with Crippen LogP contribution in [0, 0.1) is 5.92 Å². The molecular weight excluding hydrogens is 250 g/mol. The summed E-state index contributed by atoms with van der Waals surface area (Å²) in [6, 6.07) is 14.6. The minimum Gasteiger partial charge on any atom is -0.481 e. The van der Waals surface area contributed by atoms with Gasteiger partial charge in [-0.15, -0.1) is 0 Å². The average molecular weight is 269 g/mol. The van der Waals surface area contributed by atoms with Crippen LogP contribution in [0.1, 0.15) is 17.9 Å². The van der Waals surface area contributed by atoms with Gasteiger partial charge in [-0.25, -0.2) is 0 Å². The zero-order chi connectivity index (χ0) is 14.1. The summed E-state index contributed by atoms with van der Waals surface area (Å²) in [6.45, 7) is 1.59. The van der Waals surface area contributed by atoms with E-state index in [1.807, 2.05) is 19.2 Å². The lowest BCUT2D eigenvalue weighted by atomic mass is 9.80. The van der Waals surface area contributed by atoms with Gasteiger partial charge in [-0.2, -0.15) is 0 Å². The molecule has 3 nitrogen and oxygen atoms in total. The van der Waals surface area contributed by atoms with Crippen LogP contribution in [-0.2, 0) is 4.79 Å². The Morgan fingerprint density at radius 3 is 2.70 bits per heavy atom. The number of carboxylic acids is 1. The van der Waals surface area contributed by atoms with Crippen molar-refractivity contribution >= 4 is 16.7 Å². The number of carboxylic acid groups (broad SMARTS) is 1. The molecule has 20 heavy (non-hydrogen) atoms. The Kier molecular flexibility index (Phi) is 3.45. The first-order chi connectivity index (χ1) is 9.65. The molecule has 3 heteroatoms. The first kappa shape index (κ1) is 13.1. The lowest BCUT2D eigenvalue weighted by molar-refractivity contribution is -0.144. The van der Waals surface area contributed by atoms with Crippen molar-refractivity contribution in [1.82, 2.24) is 4.90 Å². The summed E-state index contributed by atoms with van der Waals surface area (Å²) < 4.78 is 0. The number of aliphatic carboxylic acids is 1. The van der Waals surface area contributed by atoms with E-state index in [2.05, 4.69) is 35.2 Å². The van der Waals surface area contributed by atoms with Crippen LogP contribution in [0.3, 0.4) is 0 Å². The summed E-state index contributed by atoms with van der Waals surface area (Å²) in [5.41, 5.74) is 1.16. The van der Waals surface area contributed by atoms with E-state index in [-0.39, 0.29) is 11.8 Å². The van der Waals surface area contributed by atoms with Crippen LogP contribution in [0.15, 0.2) is 42.5 Å². The first-order valence-electron chi connectivity index (χ1n) is 7.05. The summed E-state index contributed by atoms with van der Waals surface area (Å²) in [5, 5.41) is 11.9. The van der Waals surface area contributed by atoms with Crippen molar-refractivity contribution in [1.29, 1.82) is 0 Å². The van der Waals surface area contributed by atoms with Gasteiger partial charge in [-0.3, -0.25) is 4.79 Å². The maximum absolute atomic E-state index is 11.5. The number of likely N-dealkylation sites (tertiary alicyclic amines) is 1. The highest BCUT2D eigenvalue weighted by molar-refractivity contribution is 5.83. The third-order valence-corrected chi connectivity index (χ3v) is 4.33. The van der Waals surface area contributed by atoms with Crippen molar-refractivity contribution in [2.24, 2.45) is 5.92 Å².